The molecule has 194 valence electrons. The van der Waals surface area contributed by atoms with Crippen molar-refractivity contribution in [2.45, 2.75) is 57.7 Å². The zero-order valence-corrected chi connectivity index (χ0v) is 23.9. The number of thioether (sulfide) groups is 1. The van der Waals surface area contributed by atoms with Crippen molar-refractivity contribution in [1.82, 2.24) is 19.7 Å². The number of amides is 1. The summed E-state index contributed by atoms with van der Waals surface area (Å²) >= 11 is 4.98. The fourth-order valence-electron chi connectivity index (χ4n) is 4.88. The fraction of sp³-hybridized carbons (Fsp3) is 0.310. The Labute approximate surface area is 234 Å². The predicted molar refractivity (Wildman–Crippen MR) is 159 cm³/mol. The summed E-state index contributed by atoms with van der Waals surface area (Å²) in [6.45, 7) is 5.09. The molecular formula is C29H29N5OS3. The maximum absolute atomic E-state index is 12.8. The Bertz CT molecular complexity index is 1600. The van der Waals surface area contributed by atoms with Crippen LogP contribution in [-0.4, -0.2) is 31.4 Å². The van der Waals surface area contributed by atoms with Gasteiger partial charge < -0.3 is 9.88 Å². The molecule has 0 bridgehead atoms. The Kier molecular flexibility index (Phi) is 7.32. The molecular weight excluding hydrogens is 531 g/mol. The van der Waals surface area contributed by atoms with Gasteiger partial charge >= 0.3 is 0 Å². The van der Waals surface area contributed by atoms with Gasteiger partial charge in [-0.2, -0.15) is 0 Å². The third-order valence-corrected chi connectivity index (χ3v) is 9.88. The van der Waals surface area contributed by atoms with E-state index in [0.717, 1.165) is 52.1 Å². The lowest BCUT2D eigenvalue weighted by Crippen LogP contribution is -2.14. The second-order valence-corrected chi connectivity index (χ2v) is 12.6. The van der Waals surface area contributed by atoms with Crippen LogP contribution in [0.5, 0.6) is 0 Å². The molecule has 9 heteroatoms. The summed E-state index contributed by atoms with van der Waals surface area (Å²) in [4.78, 5) is 19.0. The maximum atomic E-state index is 12.8. The van der Waals surface area contributed by atoms with Crippen LogP contribution in [0.1, 0.15) is 42.2 Å². The van der Waals surface area contributed by atoms with Crippen molar-refractivity contribution in [3.05, 3.63) is 63.8 Å². The van der Waals surface area contributed by atoms with Crippen molar-refractivity contribution in [2.75, 3.05) is 11.1 Å². The van der Waals surface area contributed by atoms with E-state index in [-0.39, 0.29) is 11.7 Å². The van der Waals surface area contributed by atoms with Crippen molar-refractivity contribution in [2.24, 2.45) is 0 Å². The number of carbonyl (C=O) groups excluding carboxylic acids is 1. The molecule has 0 saturated heterocycles. The minimum Gasteiger partial charge on any atom is -0.325 e. The number of carbonyl (C=O) groups is 1. The van der Waals surface area contributed by atoms with Crippen molar-refractivity contribution in [1.29, 1.82) is 0 Å². The lowest BCUT2D eigenvalue weighted by atomic mass is 9.95. The summed E-state index contributed by atoms with van der Waals surface area (Å²) < 4.78 is 3.37. The molecule has 3 aromatic heterocycles. The number of nitrogens with one attached hydrogen (secondary N) is 1. The molecule has 0 radical (unpaired) electrons. The van der Waals surface area contributed by atoms with Gasteiger partial charge in [-0.15, -0.1) is 32.9 Å². The van der Waals surface area contributed by atoms with E-state index in [1.807, 2.05) is 35.6 Å². The molecule has 6 rings (SSSR count). The van der Waals surface area contributed by atoms with E-state index in [2.05, 4.69) is 57.5 Å². The van der Waals surface area contributed by atoms with Crippen LogP contribution in [0, 0.1) is 6.92 Å². The third-order valence-electron chi connectivity index (χ3n) is 6.76. The summed E-state index contributed by atoms with van der Waals surface area (Å²) in [6.07, 6.45) is 5.79. The third kappa shape index (κ3) is 5.15. The summed E-state index contributed by atoms with van der Waals surface area (Å²) in [6, 6.07) is 14.2. The number of benzene rings is 2. The van der Waals surface area contributed by atoms with Crippen molar-refractivity contribution >= 4 is 56.2 Å². The number of rotatable bonds is 8. The predicted octanol–water partition coefficient (Wildman–Crippen LogP) is 7.61. The highest BCUT2D eigenvalue weighted by Crippen LogP contribution is 2.37. The highest BCUT2D eigenvalue weighted by atomic mass is 32.2. The molecule has 0 saturated carbocycles. The number of hydrogen-bond donors (Lipinski definition) is 1. The number of aromatic nitrogens is 4. The molecule has 0 fully saturated rings. The first-order valence-corrected chi connectivity index (χ1v) is 15.7. The number of hydrogen-bond acceptors (Lipinski definition) is 7. The number of nitrogens with zero attached hydrogens (tertiary/aromatic N) is 4. The molecule has 1 aliphatic carbocycles. The Morgan fingerprint density at radius 1 is 1.11 bits per heavy atom. The molecule has 1 N–H and O–H groups in total. The Morgan fingerprint density at radius 3 is 2.79 bits per heavy atom. The Hall–Kier alpha value is -3.01. The van der Waals surface area contributed by atoms with Gasteiger partial charge in [0, 0.05) is 33.6 Å². The van der Waals surface area contributed by atoms with Gasteiger partial charge in [0.15, 0.2) is 11.0 Å². The molecule has 0 unspecified atom stereocenters. The zero-order chi connectivity index (χ0) is 26.1. The van der Waals surface area contributed by atoms with E-state index in [0.29, 0.717) is 0 Å². The molecule has 38 heavy (non-hydrogen) atoms. The van der Waals surface area contributed by atoms with Crippen molar-refractivity contribution in [3.63, 3.8) is 0 Å². The minimum absolute atomic E-state index is 0.0567. The molecule has 5 aromatic rings. The van der Waals surface area contributed by atoms with Crippen LogP contribution >= 0.6 is 34.4 Å². The maximum Gasteiger partial charge on any atom is 0.234 e. The molecule has 2 aromatic carbocycles. The second kappa shape index (κ2) is 11.0. The average Bonchev–Trinajstić information content (AvgIpc) is 3.64. The quantitative estimate of drug-likeness (QED) is 0.198. The molecule has 0 aliphatic heterocycles. The van der Waals surface area contributed by atoms with Crippen molar-refractivity contribution in [3.8, 4) is 22.0 Å². The van der Waals surface area contributed by atoms with Crippen LogP contribution in [0.15, 0.2) is 53.0 Å². The first kappa shape index (κ1) is 25.3. The molecule has 3 heterocycles. The van der Waals surface area contributed by atoms with E-state index < -0.39 is 0 Å². The first-order chi connectivity index (χ1) is 18.6. The smallest absolute Gasteiger partial charge is 0.234 e. The van der Waals surface area contributed by atoms with E-state index in [1.54, 1.807) is 11.3 Å². The lowest BCUT2D eigenvalue weighted by molar-refractivity contribution is -0.113. The second-order valence-electron chi connectivity index (χ2n) is 9.62. The Balaban J connectivity index is 1.12. The highest BCUT2D eigenvalue weighted by molar-refractivity contribution is 7.99. The standard InChI is InChI=1S/C29H29N5OS3/c1-3-14-34-27(22-16-36-24-7-5-4-6-21(22)24)32-33-29(34)37-17-26(35)30-20-11-9-19(10-12-20)28-31-23-13-8-18(2)15-25(23)38-28/h8-13,15-16H,3-7,14,17H2,1-2H3,(H,30,35). The first-order valence-electron chi connectivity index (χ1n) is 13.0. The molecule has 1 aliphatic rings. The monoisotopic (exact) mass is 559 g/mol. The van der Waals surface area contributed by atoms with E-state index in [1.165, 1.54) is 57.3 Å². The number of thiophene rings is 1. The highest BCUT2D eigenvalue weighted by Gasteiger charge is 2.22. The molecule has 0 spiro atoms. The number of thiazole rings is 1. The van der Waals surface area contributed by atoms with Gasteiger partial charge in [0.1, 0.15) is 5.01 Å². The minimum atomic E-state index is -0.0567. The van der Waals surface area contributed by atoms with Crippen molar-refractivity contribution < 1.29 is 4.79 Å². The van der Waals surface area contributed by atoms with Crippen LogP contribution in [0.2, 0.25) is 0 Å². The van der Waals surface area contributed by atoms with Gasteiger partial charge in [0.2, 0.25) is 5.91 Å². The zero-order valence-electron chi connectivity index (χ0n) is 21.5. The molecule has 0 atom stereocenters. The van der Waals surface area contributed by atoms with Crippen LogP contribution in [0.25, 0.3) is 32.2 Å². The number of aryl methyl sites for hydroxylation is 2. The topological polar surface area (TPSA) is 72.7 Å². The summed E-state index contributed by atoms with van der Waals surface area (Å²) in [7, 11) is 0. The average molecular weight is 560 g/mol. The molecule has 6 nitrogen and oxygen atoms in total. The van der Waals surface area contributed by atoms with Crippen LogP contribution in [0.3, 0.4) is 0 Å². The van der Waals surface area contributed by atoms with Crippen LogP contribution in [-0.2, 0) is 24.2 Å². The van der Waals surface area contributed by atoms with Gasteiger partial charge in [-0.25, -0.2) is 4.98 Å². The van der Waals surface area contributed by atoms with Gasteiger partial charge in [0.05, 0.1) is 16.0 Å². The summed E-state index contributed by atoms with van der Waals surface area (Å²) in [5.41, 5.74) is 6.75. The largest absolute Gasteiger partial charge is 0.325 e. The number of anilines is 1. The number of fused-ring (bicyclic) bond motifs is 2. The fourth-order valence-corrected chi connectivity index (χ4v) is 7.84. The van der Waals surface area contributed by atoms with Gasteiger partial charge in [-0.05, 0) is 86.6 Å². The lowest BCUT2D eigenvalue weighted by Gasteiger charge is -2.13. The van der Waals surface area contributed by atoms with Crippen LogP contribution < -0.4 is 5.32 Å². The van der Waals surface area contributed by atoms with Crippen LogP contribution in [0.4, 0.5) is 5.69 Å². The molecule has 1 amide bonds. The Morgan fingerprint density at radius 2 is 1.95 bits per heavy atom. The van der Waals surface area contributed by atoms with Gasteiger partial charge in [0.25, 0.3) is 0 Å². The van der Waals surface area contributed by atoms with Gasteiger partial charge in [-0.3, -0.25) is 4.79 Å². The SMILES string of the molecule is CCCn1c(SCC(=O)Nc2ccc(-c3nc4ccc(C)cc4s3)cc2)nnc1-c1csc2c1CCCC2. The van der Waals surface area contributed by atoms with E-state index >= 15 is 0 Å². The normalized spacial score (nSPS) is 13.1. The summed E-state index contributed by atoms with van der Waals surface area (Å²) in [5, 5.41) is 16.1. The van der Waals surface area contributed by atoms with E-state index in [4.69, 9.17) is 4.98 Å². The van der Waals surface area contributed by atoms with Gasteiger partial charge in [-0.1, -0.05) is 24.8 Å². The summed E-state index contributed by atoms with van der Waals surface area (Å²) in [5.74, 6) is 1.16. The van der Waals surface area contributed by atoms with E-state index in [9.17, 15) is 4.79 Å².